The number of carbonyl (C=O) groups is 3. The summed E-state index contributed by atoms with van der Waals surface area (Å²) in [4.78, 5) is 33.0. The molecule has 1 rings (SSSR count). The van der Waals surface area contributed by atoms with Crippen LogP contribution in [0.4, 0.5) is 0 Å². The molecule has 0 radical (unpaired) electrons. The van der Waals surface area contributed by atoms with Crippen LogP contribution >= 0.6 is 0 Å². The highest BCUT2D eigenvalue weighted by molar-refractivity contribution is 6.05. The molecule has 1 saturated heterocycles. The summed E-state index contributed by atoms with van der Waals surface area (Å²) in [5, 5.41) is 5.03. The number of nitrogens with two attached hydrogens (primary N) is 1. The Morgan fingerprint density at radius 1 is 1.60 bits per heavy atom. The van der Waals surface area contributed by atoms with Crippen molar-refractivity contribution in [3.8, 4) is 0 Å². The Bertz CT molecular complexity index is 312. The standard InChI is InChI=1S/C9H15N3O3/c1-9(2,8(10)15)4-11-5-3-6(13)12-7(5)14/h5,11H,3-4H2,1-2H3,(H2,10,15)(H,12,13,14). The van der Waals surface area contributed by atoms with Crippen molar-refractivity contribution in [1.29, 1.82) is 0 Å². The first kappa shape index (κ1) is 11.6. The minimum atomic E-state index is -0.730. The van der Waals surface area contributed by atoms with E-state index >= 15 is 0 Å². The van der Waals surface area contributed by atoms with Crippen molar-refractivity contribution in [2.24, 2.45) is 11.1 Å². The molecule has 1 aliphatic heterocycles. The lowest BCUT2D eigenvalue weighted by molar-refractivity contribution is -0.127. The van der Waals surface area contributed by atoms with Crippen molar-refractivity contribution >= 4 is 17.7 Å². The number of carbonyl (C=O) groups excluding carboxylic acids is 3. The lowest BCUT2D eigenvalue weighted by Gasteiger charge is -2.22. The van der Waals surface area contributed by atoms with E-state index in [1.165, 1.54) is 0 Å². The summed E-state index contributed by atoms with van der Waals surface area (Å²) in [6.45, 7) is 3.63. The van der Waals surface area contributed by atoms with Gasteiger partial charge >= 0.3 is 0 Å². The molecule has 0 spiro atoms. The van der Waals surface area contributed by atoms with Gasteiger partial charge in [-0.3, -0.25) is 19.7 Å². The van der Waals surface area contributed by atoms with E-state index < -0.39 is 17.4 Å². The number of hydrogen-bond donors (Lipinski definition) is 3. The molecule has 0 bridgehead atoms. The first-order valence-electron chi connectivity index (χ1n) is 4.70. The maximum absolute atomic E-state index is 11.2. The van der Waals surface area contributed by atoms with E-state index in [1.54, 1.807) is 13.8 Å². The van der Waals surface area contributed by atoms with Gasteiger partial charge in [0.05, 0.1) is 17.9 Å². The second-order valence-electron chi connectivity index (χ2n) is 4.30. The predicted molar refractivity (Wildman–Crippen MR) is 52.5 cm³/mol. The molecule has 6 nitrogen and oxygen atoms in total. The zero-order chi connectivity index (χ0) is 11.6. The number of amides is 3. The molecule has 0 aromatic rings. The summed E-state index contributed by atoms with van der Waals surface area (Å²) in [6, 6.07) is -0.545. The first-order valence-corrected chi connectivity index (χ1v) is 4.70. The quantitative estimate of drug-likeness (QED) is 0.495. The minimum Gasteiger partial charge on any atom is -0.369 e. The highest BCUT2D eigenvalue weighted by Crippen LogP contribution is 2.13. The van der Waals surface area contributed by atoms with E-state index in [1.807, 2.05) is 0 Å². The van der Waals surface area contributed by atoms with E-state index in [2.05, 4.69) is 10.6 Å². The van der Waals surface area contributed by atoms with Gasteiger partial charge in [0.1, 0.15) is 0 Å². The average molecular weight is 213 g/mol. The Kier molecular flexibility index (Phi) is 3.09. The van der Waals surface area contributed by atoms with Crippen molar-refractivity contribution in [1.82, 2.24) is 10.6 Å². The monoisotopic (exact) mass is 213 g/mol. The third kappa shape index (κ3) is 2.76. The van der Waals surface area contributed by atoms with Crippen LogP contribution in [0.1, 0.15) is 20.3 Å². The summed E-state index contributed by atoms with van der Waals surface area (Å²) in [5.41, 5.74) is 4.44. The van der Waals surface area contributed by atoms with Crippen molar-refractivity contribution < 1.29 is 14.4 Å². The van der Waals surface area contributed by atoms with Gasteiger partial charge in [-0.05, 0) is 13.8 Å². The minimum absolute atomic E-state index is 0.119. The molecule has 0 aromatic carbocycles. The summed E-state index contributed by atoms with van der Waals surface area (Å²) in [7, 11) is 0. The molecule has 84 valence electrons. The largest absolute Gasteiger partial charge is 0.369 e. The van der Waals surface area contributed by atoms with Gasteiger partial charge < -0.3 is 11.1 Å². The molecule has 15 heavy (non-hydrogen) atoms. The highest BCUT2D eigenvalue weighted by atomic mass is 16.2. The fourth-order valence-corrected chi connectivity index (χ4v) is 1.18. The molecule has 4 N–H and O–H groups in total. The third-order valence-electron chi connectivity index (χ3n) is 2.43. The van der Waals surface area contributed by atoms with Gasteiger partial charge in [-0.25, -0.2) is 0 Å². The molecule has 0 aromatic heterocycles. The lowest BCUT2D eigenvalue weighted by Crippen LogP contribution is -2.46. The third-order valence-corrected chi connectivity index (χ3v) is 2.43. The number of primary amides is 1. The Morgan fingerprint density at radius 3 is 2.60 bits per heavy atom. The van der Waals surface area contributed by atoms with Crippen molar-refractivity contribution in [2.45, 2.75) is 26.3 Å². The van der Waals surface area contributed by atoms with Crippen LogP contribution in [0.3, 0.4) is 0 Å². The molecular weight excluding hydrogens is 198 g/mol. The number of rotatable bonds is 4. The average Bonchev–Trinajstić information content (AvgIpc) is 2.41. The van der Waals surface area contributed by atoms with Crippen molar-refractivity contribution in [2.75, 3.05) is 6.54 Å². The molecule has 1 heterocycles. The second kappa shape index (κ2) is 3.98. The summed E-state index contributed by atoms with van der Waals surface area (Å²) in [6.07, 6.45) is 0.119. The summed E-state index contributed by atoms with van der Waals surface area (Å²) < 4.78 is 0. The number of imide groups is 1. The fourth-order valence-electron chi connectivity index (χ4n) is 1.18. The van der Waals surface area contributed by atoms with Crippen LogP contribution < -0.4 is 16.4 Å². The SMILES string of the molecule is CC(C)(CNC1CC(=O)NC1=O)C(N)=O. The fraction of sp³-hybridized carbons (Fsp3) is 0.667. The molecule has 1 fully saturated rings. The van der Waals surface area contributed by atoms with Crippen LogP contribution in [0.5, 0.6) is 0 Å². The highest BCUT2D eigenvalue weighted by Gasteiger charge is 2.33. The zero-order valence-electron chi connectivity index (χ0n) is 8.79. The Morgan fingerprint density at radius 2 is 2.20 bits per heavy atom. The van der Waals surface area contributed by atoms with Gasteiger partial charge in [0.25, 0.3) is 0 Å². The Labute approximate surface area is 87.6 Å². The first-order chi connectivity index (χ1) is 6.83. The topological polar surface area (TPSA) is 101 Å². The van der Waals surface area contributed by atoms with Crippen molar-refractivity contribution in [3.63, 3.8) is 0 Å². The zero-order valence-corrected chi connectivity index (χ0v) is 8.79. The second-order valence-corrected chi connectivity index (χ2v) is 4.30. The van der Waals surface area contributed by atoms with Crippen LogP contribution in [0.15, 0.2) is 0 Å². The van der Waals surface area contributed by atoms with Crippen LogP contribution in [0.25, 0.3) is 0 Å². The lowest BCUT2D eigenvalue weighted by atomic mass is 9.92. The van der Waals surface area contributed by atoms with Gasteiger partial charge in [-0.2, -0.15) is 0 Å². The number of hydrogen-bond acceptors (Lipinski definition) is 4. The number of nitrogens with one attached hydrogen (secondary N) is 2. The molecule has 0 aliphatic carbocycles. The van der Waals surface area contributed by atoms with E-state index in [0.717, 1.165) is 0 Å². The van der Waals surface area contributed by atoms with Gasteiger partial charge in [-0.15, -0.1) is 0 Å². The summed E-state index contributed by atoms with van der Waals surface area (Å²) >= 11 is 0. The molecule has 0 saturated carbocycles. The van der Waals surface area contributed by atoms with Gasteiger partial charge in [-0.1, -0.05) is 0 Å². The predicted octanol–water partition coefficient (Wildman–Crippen LogP) is -1.50. The maximum Gasteiger partial charge on any atom is 0.244 e. The van der Waals surface area contributed by atoms with E-state index in [-0.39, 0.29) is 24.8 Å². The molecule has 6 heteroatoms. The van der Waals surface area contributed by atoms with E-state index in [4.69, 9.17) is 5.73 Å². The van der Waals surface area contributed by atoms with Crippen LogP contribution in [0.2, 0.25) is 0 Å². The Hall–Kier alpha value is -1.43. The molecule has 1 atom stereocenters. The van der Waals surface area contributed by atoms with Crippen LogP contribution in [0, 0.1) is 5.41 Å². The Balaban J connectivity index is 2.47. The van der Waals surface area contributed by atoms with E-state index in [9.17, 15) is 14.4 Å². The van der Waals surface area contributed by atoms with Gasteiger partial charge in [0.2, 0.25) is 17.7 Å². The van der Waals surface area contributed by atoms with Gasteiger partial charge in [0, 0.05) is 6.54 Å². The molecule has 1 unspecified atom stereocenters. The summed E-state index contributed by atoms with van der Waals surface area (Å²) in [5.74, 6) is -1.09. The smallest absolute Gasteiger partial charge is 0.244 e. The van der Waals surface area contributed by atoms with Gasteiger partial charge in [0.15, 0.2) is 0 Å². The maximum atomic E-state index is 11.2. The van der Waals surface area contributed by atoms with E-state index in [0.29, 0.717) is 0 Å². The molecule has 3 amide bonds. The van der Waals surface area contributed by atoms with Crippen LogP contribution in [-0.4, -0.2) is 30.3 Å². The molecular formula is C9H15N3O3. The molecule has 1 aliphatic rings. The van der Waals surface area contributed by atoms with Crippen LogP contribution in [-0.2, 0) is 14.4 Å². The normalized spacial score (nSPS) is 21.6. The van der Waals surface area contributed by atoms with Crippen molar-refractivity contribution in [3.05, 3.63) is 0 Å².